The predicted molar refractivity (Wildman–Crippen MR) is 113 cm³/mol. The summed E-state index contributed by atoms with van der Waals surface area (Å²) in [6.45, 7) is 1.50. The molecule has 0 unspecified atom stereocenters. The Balaban J connectivity index is 1.73. The average Bonchev–Trinajstić information content (AvgIpc) is 2.87. The lowest BCUT2D eigenvalue weighted by Crippen LogP contribution is -2.25. The number of rotatable bonds is 6. The SMILES string of the molecule is COc1cccc(NC(=O)C[C@@H](C)S(=O)(=O)c2ccc3c(c2)NC(=O)CCS3)c1. The summed E-state index contributed by atoms with van der Waals surface area (Å²) in [6, 6.07) is 11.5. The number of anilines is 2. The van der Waals surface area contributed by atoms with Gasteiger partial charge in [0.2, 0.25) is 11.8 Å². The summed E-state index contributed by atoms with van der Waals surface area (Å²) in [7, 11) is -2.22. The maximum atomic E-state index is 13.0. The van der Waals surface area contributed by atoms with Crippen molar-refractivity contribution in [1.29, 1.82) is 0 Å². The number of carbonyl (C=O) groups is 2. The standard InChI is InChI=1S/C20H22N2O5S2/c1-13(10-20(24)21-14-4-3-5-15(11-14)27-2)29(25,26)16-6-7-18-17(12-16)22-19(23)8-9-28-18/h3-7,11-13H,8-10H2,1-2H3,(H,21,24)(H,22,23)/t13-/m1/s1. The van der Waals surface area contributed by atoms with Gasteiger partial charge in [0.05, 0.1) is 22.9 Å². The summed E-state index contributed by atoms with van der Waals surface area (Å²) in [6.07, 6.45) is 0.181. The van der Waals surface area contributed by atoms with E-state index in [0.717, 1.165) is 4.90 Å². The van der Waals surface area contributed by atoms with E-state index in [1.54, 1.807) is 30.3 Å². The molecule has 0 saturated carbocycles. The Morgan fingerprint density at radius 2 is 2.07 bits per heavy atom. The van der Waals surface area contributed by atoms with Gasteiger partial charge >= 0.3 is 0 Å². The van der Waals surface area contributed by atoms with Gasteiger partial charge in [0.1, 0.15) is 5.75 Å². The van der Waals surface area contributed by atoms with Crippen LogP contribution >= 0.6 is 11.8 Å². The topological polar surface area (TPSA) is 102 Å². The highest BCUT2D eigenvalue weighted by Crippen LogP contribution is 2.33. The molecule has 0 fully saturated rings. The molecule has 9 heteroatoms. The molecule has 1 atom stereocenters. The van der Waals surface area contributed by atoms with E-state index in [4.69, 9.17) is 4.74 Å². The minimum absolute atomic E-state index is 0.0840. The van der Waals surface area contributed by atoms with Crippen molar-refractivity contribution < 1.29 is 22.7 Å². The third kappa shape index (κ3) is 5.10. The largest absolute Gasteiger partial charge is 0.497 e. The van der Waals surface area contributed by atoms with E-state index in [0.29, 0.717) is 29.3 Å². The molecule has 3 rings (SSSR count). The van der Waals surface area contributed by atoms with Crippen LogP contribution in [0.25, 0.3) is 0 Å². The summed E-state index contributed by atoms with van der Waals surface area (Å²) < 4.78 is 31.0. The number of methoxy groups -OCH3 is 1. The van der Waals surface area contributed by atoms with E-state index >= 15 is 0 Å². The lowest BCUT2D eigenvalue weighted by Gasteiger charge is -2.15. The number of nitrogens with one attached hydrogen (secondary N) is 2. The highest BCUT2D eigenvalue weighted by atomic mass is 32.2. The first-order chi connectivity index (χ1) is 13.8. The Hall–Kier alpha value is -2.52. The van der Waals surface area contributed by atoms with Crippen LogP contribution in [0.1, 0.15) is 19.8 Å². The Morgan fingerprint density at radius 1 is 1.28 bits per heavy atom. The number of hydrogen-bond donors (Lipinski definition) is 2. The van der Waals surface area contributed by atoms with Crippen LogP contribution < -0.4 is 15.4 Å². The fourth-order valence-corrected chi connectivity index (χ4v) is 5.20. The van der Waals surface area contributed by atoms with E-state index in [1.165, 1.54) is 37.9 Å². The molecular weight excluding hydrogens is 412 g/mol. The molecule has 7 nitrogen and oxygen atoms in total. The van der Waals surface area contributed by atoms with Gasteiger partial charge < -0.3 is 15.4 Å². The zero-order chi connectivity index (χ0) is 21.0. The third-order valence-electron chi connectivity index (χ3n) is 4.50. The first-order valence-corrected chi connectivity index (χ1v) is 11.6. The van der Waals surface area contributed by atoms with Crippen LogP contribution in [-0.4, -0.2) is 38.3 Å². The smallest absolute Gasteiger partial charge is 0.225 e. The molecule has 2 aromatic carbocycles. The normalized spacial score (nSPS) is 14.9. The molecule has 2 N–H and O–H groups in total. The first-order valence-electron chi connectivity index (χ1n) is 9.04. The van der Waals surface area contributed by atoms with Crippen LogP contribution in [0.15, 0.2) is 52.3 Å². The van der Waals surface area contributed by atoms with Gasteiger partial charge in [-0.05, 0) is 37.3 Å². The summed E-state index contributed by atoms with van der Waals surface area (Å²) in [4.78, 5) is 25.0. The van der Waals surface area contributed by atoms with Crippen molar-refractivity contribution in [3.8, 4) is 5.75 Å². The maximum Gasteiger partial charge on any atom is 0.225 e. The van der Waals surface area contributed by atoms with Crippen LogP contribution in [0.3, 0.4) is 0 Å². The molecule has 29 heavy (non-hydrogen) atoms. The van der Waals surface area contributed by atoms with Crippen LogP contribution in [0, 0.1) is 0 Å². The van der Waals surface area contributed by atoms with Crippen LogP contribution in [0.5, 0.6) is 5.75 Å². The van der Waals surface area contributed by atoms with Crippen molar-refractivity contribution in [2.75, 3.05) is 23.5 Å². The fraction of sp³-hybridized carbons (Fsp3) is 0.300. The molecule has 0 spiro atoms. The van der Waals surface area contributed by atoms with Gasteiger partial charge in [-0.1, -0.05) is 6.07 Å². The summed E-state index contributed by atoms with van der Waals surface area (Å²) in [5.74, 6) is 0.684. The lowest BCUT2D eigenvalue weighted by atomic mass is 10.2. The van der Waals surface area contributed by atoms with Crippen LogP contribution in [0.4, 0.5) is 11.4 Å². The minimum Gasteiger partial charge on any atom is -0.497 e. The van der Waals surface area contributed by atoms with Crippen LogP contribution in [-0.2, 0) is 19.4 Å². The zero-order valence-corrected chi connectivity index (χ0v) is 17.7. The Bertz CT molecular complexity index is 1040. The minimum atomic E-state index is -3.75. The third-order valence-corrected chi connectivity index (χ3v) is 7.71. The van der Waals surface area contributed by atoms with Crippen molar-refractivity contribution in [2.45, 2.75) is 34.8 Å². The van der Waals surface area contributed by atoms with Crippen molar-refractivity contribution >= 4 is 44.8 Å². The van der Waals surface area contributed by atoms with Crippen molar-refractivity contribution in [2.24, 2.45) is 0 Å². The van der Waals surface area contributed by atoms with E-state index in [-0.39, 0.29) is 17.2 Å². The second kappa shape index (κ2) is 8.87. The molecule has 0 aromatic heterocycles. The molecule has 154 valence electrons. The molecule has 2 amide bonds. The van der Waals surface area contributed by atoms with Gasteiger partial charge in [0, 0.05) is 35.2 Å². The number of amides is 2. The second-order valence-electron chi connectivity index (χ2n) is 6.64. The highest BCUT2D eigenvalue weighted by molar-refractivity contribution is 7.99. The Kier molecular flexibility index (Phi) is 6.49. The summed E-state index contributed by atoms with van der Waals surface area (Å²) >= 11 is 1.50. The predicted octanol–water partition coefficient (Wildman–Crippen LogP) is 3.32. The van der Waals surface area contributed by atoms with Gasteiger partial charge in [0.25, 0.3) is 0 Å². The number of thioether (sulfide) groups is 1. The number of hydrogen-bond acceptors (Lipinski definition) is 6. The molecule has 1 aliphatic rings. The first kappa shape index (κ1) is 21.2. The molecular formula is C20H22N2O5S2. The van der Waals surface area contributed by atoms with Crippen LogP contribution in [0.2, 0.25) is 0 Å². The van der Waals surface area contributed by atoms with Crippen molar-refractivity contribution in [1.82, 2.24) is 0 Å². The molecule has 1 aliphatic heterocycles. The molecule has 1 heterocycles. The zero-order valence-electron chi connectivity index (χ0n) is 16.1. The van der Waals surface area contributed by atoms with Gasteiger partial charge in [0.15, 0.2) is 9.84 Å². The highest BCUT2D eigenvalue weighted by Gasteiger charge is 2.27. The van der Waals surface area contributed by atoms with Crippen molar-refractivity contribution in [3.63, 3.8) is 0 Å². The lowest BCUT2D eigenvalue weighted by molar-refractivity contribution is -0.116. The summed E-state index contributed by atoms with van der Waals surface area (Å²) in [5.41, 5.74) is 1.02. The Morgan fingerprint density at radius 3 is 2.83 bits per heavy atom. The monoisotopic (exact) mass is 434 g/mol. The number of benzene rings is 2. The molecule has 0 saturated heterocycles. The molecule has 2 aromatic rings. The maximum absolute atomic E-state index is 13.0. The fourth-order valence-electron chi connectivity index (χ4n) is 2.89. The number of fused-ring (bicyclic) bond motifs is 1. The van der Waals surface area contributed by atoms with Gasteiger partial charge in [-0.3, -0.25) is 9.59 Å². The van der Waals surface area contributed by atoms with Gasteiger partial charge in [-0.25, -0.2) is 8.42 Å². The summed E-state index contributed by atoms with van der Waals surface area (Å²) in [5, 5.41) is 4.50. The van der Waals surface area contributed by atoms with Gasteiger partial charge in [-0.2, -0.15) is 0 Å². The quantitative estimate of drug-likeness (QED) is 0.723. The number of ether oxygens (including phenoxy) is 1. The molecule has 0 bridgehead atoms. The number of carbonyl (C=O) groups excluding carboxylic acids is 2. The van der Waals surface area contributed by atoms with Crippen molar-refractivity contribution in [3.05, 3.63) is 42.5 Å². The second-order valence-corrected chi connectivity index (χ2v) is 10.1. The Labute approximate surface area is 174 Å². The van der Waals surface area contributed by atoms with E-state index in [1.807, 2.05) is 0 Å². The molecule has 0 radical (unpaired) electrons. The number of sulfone groups is 1. The molecule has 0 aliphatic carbocycles. The van der Waals surface area contributed by atoms with E-state index < -0.39 is 21.0 Å². The average molecular weight is 435 g/mol. The van der Waals surface area contributed by atoms with Gasteiger partial charge in [-0.15, -0.1) is 11.8 Å². The van der Waals surface area contributed by atoms with E-state index in [2.05, 4.69) is 10.6 Å². The van der Waals surface area contributed by atoms with E-state index in [9.17, 15) is 18.0 Å².